The van der Waals surface area contributed by atoms with Crippen LogP contribution in [0.4, 0.5) is 0 Å². The average molecular weight is 280 g/mol. The molecule has 3 atom stereocenters. The fraction of sp³-hybridized carbons (Fsp3) is 0.462. The predicted molar refractivity (Wildman–Crippen MR) is 70.0 cm³/mol. The number of hydrogen-bond donors (Lipinski definition) is 2. The molecule has 0 spiro atoms. The predicted octanol–water partition coefficient (Wildman–Crippen LogP) is 1.50. The Kier molecular flexibility index (Phi) is 3.90. The van der Waals surface area contributed by atoms with Crippen molar-refractivity contribution in [3.05, 3.63) is 29.8 Å². The van der Waals surface area contributed by atoms with Crippen molar-refractivity contribution in [2.75, 3.05) is 0 Å². The fourth-order valence-electron chi connectivity index (χ4n) is 2.14. The summed E-state index contributed by atoms with van der Waals surface area (Å²) in [6, 6.07) is 9.10. The Bertz CT molecular complexity index is 579. The average Bonchev–Trinajstić information content (AvgIpc) is 2.96. The number of hydrogen-bond acceptors (Lipinski definition) is 4. The van der Waals surface area contributed by atoms with Crippen LogP contribution in [0.5, 0.6) is 0 Å². The second-order valence-corrected chi connectivity index (χ2v) is 6.40. The van der Waals surface area contributed by atoms with Crippen molar-refractivity contribution in [1.29, 1.82) is 5.26 Å². The second kappa shape index (κ2) is 5.29. The van der Waals surface area contributed by atoms with E-state index in [1.807, 2.05) is 6.92 Å². The summed E-state index contributed by atoms with van der Waals surface area (Å²) >= 11 is 0. The topological polar surface area (TPSA) is 90.2 Å². The highest BCUT2D eigenvalue weighted by Crippen LogP contribution is 2.40. The van der Waals surface area contributed by atoms with Gasteiger partial charge in [0.05, 0.1) is 17.0 Å². The highest BCUT2D eigenvalue weighted by atomic mass is 32.2. The van der Waals surface area contributed by atoms with Crippen molar-refractivity contribution in [3.63, 3.8) is 0 Å². The first-order valence-electron chi connectivity index (χ1n) is 6.10. The van der Waals surface area contributed by atoms with Crippen LogP contribution in [0.15, 0.2) is 29.2 Å². The molecule has 2 N–H and O–H groups in total. The summed E-state index contributed by atoms with van der Waals surface area (Å²) in [6.45, 7) is 1.84. The quantitative estimate of drug-likeness (QED) is 0.761. The van der Waals surface area contributed by atoms with Crippen molar-refractivity contribution in [1.82, 2.24) is 5.32 Å². The summed E-state index contributed by atoms with van der Waals surface area (Å²) in [5.74, 6) is 0.861. The van der Waals surface area contributed by atoms with Gasteiger partial charge in [0, 0.05) is 6.04 Å². The summed E-state index contributed by atoms with van der Waals surface area (Å²) in [5.41, 5.74) is 0.956. The van der Waals surface area contributed by atoms with Gasteiger partial charge in [-0.25, -0.2) is 0 Å². The van der Waals surface area contributed by atoms with Gasteiger partial charge in [-0.1, -0.05) is 17.7 Å². The minimum atomic E-state index is -4.02. The molecule has 0 bridgehead atoms. The summed E-state index contributed by atoms with van der Waals surface area (Å²) < 4.78 is 29.6. The largest absolute Gasteiger partial charge is 0.299 e. The summed E-state index contributed by atoms with van der Waals surface area (Å²) in [7, 11) is -4.02. The summed E-state index contributed by atoms with van der Waals surface area (Å²) in [6.07, 6.45) is 2.42. The van der Waals surface area contributed by atoms with E-state index >= 15 is 0 Å². The van der Waals surface area contributed by atoms with Crippen LogP contribution in [-0.4, -0.2) is 25.1 Å². The maximum Gasteiger partial charge on any atom is 0.294 e. The zero-order chi connectivity index (χ0) is 14.0. The minimum Gasteiger partial charge on any atom is -0.299 e. The van der Waals surface area contributed by atoms with Crippen molar-refractivity contribution in [3.8, 4) is 6.07 Å². The molecule has 1 aromatic carbocycles. The molecule has 0 radical (unpaired) electrons. The van der Waals surface area contributed by atoms with Gasteiger partial charge in [0.2, 0.25) is 0 Å². The van der Waals surface area contributed by atoms with Crippen LogP contribution < -0.4 is 5.32 Å². The SMILES string of the molecule is Cc1ccc(S(=O)(=O)O)cc1.N#C[C@@H]1C[C@@H]2C[C@@H]2N1. The van der Waals surface area contributed by atoms with Gasteiger partial charge >= 0.3 is 0 Å². The highest BCUT2D eigenvalue weighted by molar-refractivity contribution is 7.85. The van der Waals surface area contributed by atoms with Crippen LogP contribution in [0.25, 0.3) is 0 Å². The van der Waals surface area contributed by atoms with Gasteiger partial charge in [0.1, 0.15) is 0 Å². The van der Waals surface area contributed by atoms with Gasteiger partial charge in [-0.2, -0.15) is 13.7 Å². The summed E-state index contributed by atoms with van der Waals surface area (Å²) in [4.78, 5) is -0.0666. The van der Waals surface area contributed by atoms with Crippen LogP contribution in [0.3, 0.4) is 0 Å². The Morgan fingerprint density at radius 2 is 1.95 bits per heavy atom. The molecule has 1 saturated carbocycles. The lowest BCUT2D eigenvalue weighted by Crippen LogP contribution is -2.23. The number of benzene rings is 1. The molecule has 6 heteroatoms. The third-order valence-corrected chi connectivity index (χ3v) is 4.22. The monoisotopic (exact) mass is 280 g/mol. The molecule has 0 unspecified atom stereocenters. The lowest BCUT2D eigenvalue weighted by molar-refractivity contribution is 0.483. The number of nitriles is 1. The van der Waals surface area contributed by atoms with Crippen molar-refractivity contribution >= 4 is 10.1 Å². The van der Waals surface area contributed by atoms with Crippen molar-refractivity contribution in [2.24, 2.45) is 5.92 Å². The standard InChI is InChI=1S/C7H8O3S.C6H8N2/c1-6-2-4-7(5-3-6)11(8,9)10;7-3-5-1-4-2-6(4)8-5/h2-5H,1H3,(H,8,9,10);4-6,8H,1-2H2/t;4-,5+,6+/m.1/s1. The molecular formula is C13H16N2O3S. The summed E-state index contributed by atoms with van der Waals surface area (Å²) in [5, 5.41) is 11.6. The van der Waals surface area contributed by atoms with Crippen LogP contribution in [0, 0.1) is 24.2 Å². The molecular weight excluding hydrogens is 264 g/mol. The zero-order valence-corrected chi connectivity index (χ0v) is 11.4. The number of nitrogens with zero attached hydrogens (tertiary/aromatic N) is 1. The normalized spacial score (nSPS) is 27.7. The van der Waals surface area contributed by atoms with E-state index in [9.17, 15) is 8.42 Å². The van der Waals surface area contributed by atoms with Gasteiger partial charge in [-0.3, -0.25) is 9.87 Å². The smallest absolute Gasteiger partial charge is 0.294 e. The first kappa shape index (κ1) is 14.0. The molecule has 2 fully saturated rings. The molecule has 2 aliphatic rings. The molecule has 1 heterocycles. The van der Waals surface area contributed by atoms with E-state index in [4.69, 9.17) is 9.81 Å². The molecule has 5 nitrogen and oxygen atoms in total. The maximum atomic E-state index is 10.5. The molecule has 1 aromatic rings. The van der Waals surface area contributed by atoms with E-state index < -0.39 is 10.1 Å². The molecule has 0 aromatic heterocycles. The lowest BCUT2D eigenvalue weighted by Gasteiger charge is -1.98. The van der Waals surface area contributed by atoms with E-state index in [-0.39, 0.29) is 10.9 Å². The molecule has 3 rings (SSSR count). The molecule has 102 valence electrons. The van der Waals surface area contributed by atoms with Crippen LogP contribution >= 0.6 is 0 Å². The number of fused-ring (bicyclic) bond motifs is 1. The minimum absolute atomic E-state index is 0.0666. The van der Waals surface area contributed by atoms with E-state index in [1.54, 1.807) is 12.1 Å². The molecule has 1 aliphatic carbocycles. The van der Waals surface area contributed by atoms with E-state index in [1.165, 1.54) is 18.6 Å². The lowest BCUT2D eigenvalue weighted by atomic mass is 10.2. The number of piperidine rings is 1. The van der Waals surface area contributed by atoms with Gasteiger partial charge in [0.25, 0.3) is 10.1 Å². The Morgan fingerprint density at radius 3 is 2.32 bits per heavy atom. The second-order valence-electron chi connectivity index (χ2n) is 4.97. The van der Waals surface area contributed by atoms with Crippen LogP contribution in [0.1, 0.15) is 18.4 Å². The molecule has 0 amide bonds. The van der Waals surface area contributed by atoms with Crippen molar-refractivity contribution < 1.29 is 13.0 Å². The fourth-order valence-corrected chi connectivity index (χ4v) is 2.62. The highest BCUT2D eigenvalue weighted by Gasteiger charge is 2.45. The molecule has 1 saturated heterocycles. The van der Waals surface area contributed by atoms with E-state index in [0.717, 1.165) is 23.9 Å². The third-order valence-electron chi connectivity index (χ3n) is 3.35. The van der Waals surface area contributed by atoms with Gasteiger partial charge < -0.3 is 0 Å². The first-order chi connectivity index (χ1) is 8.90. The Hall–Kier alpha value is -1.42. The number of rotatable bonds is 1. The van der Waals surface area contributed by atoms with Crippen LogP contribution in [-0.2, 0) is 10.1 Å². The number of nitrogens with one attached hydrogen (secondary N) is 1. The van der Waals surface area contributed by atoms with Gasteiger partial charge in [-0.15, -0.1) is 0 Å². The van der Waals surface area contributed by atoms with E-state index in [0.29, 0.717) is 0 Å². The maximum absolute atomic E-state index is 10.5. The first-order valence-corrected chi connectivity index (χ1v) is 7.54. The zero-order valence-electron chi connectivity index (χ0n) is 10.6. The van der Waals surface area contributed by atoms with E-state index in [2.05, 4.69) is 11.4 Å². The van der Waals surface area contributed by atoms with Gasteiger partial charge in [0.15, 0.2) is 0 Å². The Balaban J connectivity index is 0.000000146. The molecule has 1 aliphatic heterocycles. The van der Waals surface area contributed by atoms with Gasteiger partial charge in [-0.05, 0) is 37.8 Å². The Morgan fingerprint density at radius 1 is 1.32 bits per heavy atom. The van der Waals surface area contributed by atoms with Crippen molar-refractivity contribution in [2.45, 2.75) is 36.7 Å². The van der Waals surface area contributed by atoms with Crippen LogP contribution in [0.2, 0.25) is 0 Å². The number of aryl methyl sites for hydroxylation is 1. The third kappa shape index (κ3) is 3.77. The molecule has 19 heavy (non-hydrogen) atoms. The Labute approximate surface area is 113 Å².